The smallest absolute Gasteiger partial charge is 0.224 e. The molecule has 2 saturated carbocycles. The molecule has 1 aromatic heterocycles. The molecule has 0 spiro atoms. The number of hydrogen-bond donors (Lipinski definition) is 4. The summed E-state index contributed by atoms with van der Waals surface area (Å²) in [5, 5.41) is 25.6. The quantitative estimate of drug-likeness (QED) is 0.522. The molecule has 0 saturated heterocycles. The monoisotopic (exact) mass is 340 g/mol. The van der Waals surface area contributed by atoms with Crippen LogP contribution in [0, 0.1) is 11.8 Å². The van der Waals surface area contributed by atoms with Crippen LogP contribution in [0.5, 0.6) is 0 Å². The maximum atomic E-state index is 9.22. The molecule has 3 rings (SSSR count). The van der Waals surface area contributed by atoms with Gasteiger partial charge >= 0.3 is 0 Å². The second kappa shape index (κ2) is 7.64. The topological polar surface area (TPSA) is 90.3 Å². The Bertz CT molecular complexity index is 523. The van der Waals surface area contributed by atoms with E-state index < -0.39 is 0 Å². The van der Waals surface area contributed by atoms with Gasteiger partial charge in [0, 0.05) is 25.3 Å². The van der Waals surface area contributed by atoms with Crippen molar-refractivity contribution in [3.8, 4) is 0 Å². The predicted octanol–water partition coefficient (Wildman–Crippen LogP) is 2.28. The van der Waals surface area contributed by atoms with E-state index >= 15 is 0 Å². The van der Waals surface area contributed by atoms with Gasteiger partial charge in [-0.15, -0.1) is 0 Å². The molecule has 0 radical (unpaired) electrons. The van der Waals surface area contributed by atoms with Crippen LogP contribution in [0.1, 0.15) is 38.5 Å². The van der Waals surface area contributed by atoms with Crippen LogP contribution in [0.2, 0.25) is 5.02 Å². The molecule has 1 aromatic rings. The summed E-state index contributed by atoms with van der Waals surface area (Å²) in [5.74, 6) is 2.36. The van der Waals surface area contributed by atoms with Gasteiger partial charge in [0.2, 0.25) is 5.95 Å². The van der Waals surface area contributed by atoms with E-state index in [4.69, 9.17) is 11.6 Å². The fraction of sp³-hybridized carbons (Fsp3) is 0.750. The maximum Gasteiger partial charge on any atom is 0.224 e. The largest absolute Gasteiger partial charge is 0.396 e. The zero-order chi connectivity index (χ0) is 16.2. The third-order valence-electron chi connectivity index (χ3n) is 4.64. The number of aliphatic hydroxyl groups excluding tert-OH is 2. The van der Waals surface area contributed by atoms with E-state index in [0.29, 0.717) is 41.5 Å². The molecule has 0 aliphatic heterocycles. The highest BCUT2D eigenvalue weighted by Gasteiger charge is 2.32. The van der Waals surface area contributed by atoms with Crippen molar-refractivity contribution in [3.63, 3.8) is 0 Å². The molecule has 6 nitrogen and oxygen atoms in total. The Morgan fingerprint density at radius 3 is 2.13 bits per heavy atom. The standard InChI is InChI=1S/C16H25ClN4O2/c17-12-9-18-16(20-14(6-8-23)11-3-4-11)21-15(12)19-13(5-7-22)10-1-2-10/h9-11,13-14,22-23H,1-8H2,(H2,18,19,20,21). The van der Waals surface area contributed by atoms with Crippen molar-refractivity contribution >= 4 is 23.4 Å². The Kier molecular flexibility index (Phi) is 5.56. The van der Waals surface area contributed by atoms with E-state index in [-0.39, 0.29) is 25.3 Å². The molecule has 7 heteroatoms. The molecule has 2 unspecified atom stereocenters. The van der Waals surface area contributed by atoms with E-state index in [1.165, 1.54) is 25.7 Å². The van der Waals surface area contributed by atoms with E-state index in [1.54, 1.807) is 6.20 Å². The van der Waals surface area contributed by atoms with Crippen LogP contribution in [0.15, 0.2) is 6.20 Å². The molecule has 23 heavy (non-hydrogen) atoms. The number of nitrogens with zero attached hydrogens (tertiary/aromatic N) is 2. The highest BCUT2D eigenvalue weighted by molar-refractivity contribution is 6.32. The van der Waals surface area contributed by atoms with Gasteiger partial charge in [0.1, 0.15) is 5.02 Å². The number of rotatable bonds is 10. The van der Waals surface area contributed by atoms with Gasteiger partial charge in [0.05, 0.1) is 6.20 Å². The summed E-state index contributed by atoms with van der Waals surface area (Å²) in [5.41, 5.74) is 0. The minimum atomic E-state index is 0.155. The van der Waals surface area contributed by atoms with E-state index in [2.05, 4.69) is 20.6 Å². The van der Waals surface area contributed by atoms with Crippen molar-refractivity contribution in [2.24, 2.45) is 11.8 Å². The van der Waals surface area contributed by atoms with Crippen molar-refractivity contribution < 1.29 is 10.2 Å². The molecule has 0 aromatic carbocycles. The number of aromatic nitrogens is 2. The minimum Gasteiger partial charge on any atom is -0.396 e. The maximum absolute atomic E-state index is 9.22. The Morgan fingerprint density at radius 2 is 1.61 bits per heavy atom. The molecular weight excluding hydrogens is 316 g/mol. The molecule has 1 heterocycles. The number of anilines is 2. The second-order valence-electron chi connectivity index (χ2n) is 6.59. The predicted molar refractivity (Wildman–Crippen MR) is 90.7 cm³/mol. The van der Waals surface area contributed by atoms with Crippen molar-refractivity contribution in [1.82, 2.24) is 9.97 Å². The van der Waals surface area contributed by atoms with Gasteiger partial charge in [-0.05, 0) is 50.4 Å². The summed E-state index contributed by atoms with van der Waals surface area (Å²) in [6.45, 7) is 0.315. The Hall–Kier alpha value is -1.11. The summed E-state index contributed by atoms with van der Waals surface area (Å²) in [6, 6.07) is 0.419. The van der Waals surface area contributed by atoms with Gasteiger partial charge in [0.15, 0.2) is 5.82 Å². The third kappa shape index (κ3) is 4.68. The first-order valence-electron chi connectivity index (χ1n) is 8.48. The Labute approximate surface area is 141 Å². The zero-order valence-corrected chi connectivity index (χ0v) is 14.0. The fourth-order valence-electron chi connectivity index (χ4n) is 3.01. The van der Waals surface area contributed by atoms with Crippen LogP contribution in [0.25, 0.3) is 0 Å². The lowest BCUT2D eigenvalue weighted by molar-refractivity contribution is 0.274. The van der Waals surface area contributed by atoms with E-state index in [9.17, 15) is 10.2 Å². The van der Waals surface area contributed by atoms with Gasteiger partial charge < -0.3 is 20.8 Å². The molecule has 2 aliphatic rings. The lowest BCUT2D eigenvalue weighted by atomic mass is 10.1. The fourth-order valence-corrected chi connectivity index (χ4v) is 3.15. The zero-order valence-electron chi connectivity index (χ0n) is 13.2. The van der Waals surface area contributed by atoms with Crippen LogP contribution in [0.4, 0.5) is 11.8 Å². The van der Waals surface area contributed by atoms with Crippen molar-refractivity contribution in [1.29, 1.82) is 0 Å². The molecule has 2 atom stereocenters. The SMILES string of the molecule is OCCC(Nc1ncc(Cl)c(NC(CCO)C2CC2)n1)C1CC1. The van der Waals surface area contributed by atoms with Gasteiger partial charge in [-0.3, -0.25) is 0 Å². The van der Waals surface area contributed by atoms with Crippen LogP contribution in [0.3, 0.4) is 0 Å². The Morgan fingerprint density at radius 1 is 1.04 bits per heavy atom. The molecule has 128 valence electrons. The molecule has 0 bridgehead atoms. The Balaban J connectivity index is 1.67. The van der Waals surface area contributed by atoms with Crippen molar-refractivity contribution in [2.75, 3.05) is 23.8 Å². The first-order chi connectivity index (χ1) is 11.2. The lowest BCUT2D eigenvalue weighted by Crippen LogP contribution is -2.26. The number of aliphatic hydroxyl groups is 2. The normalized spacial score (nSPS) is 20.1. The van der Waals surface area contributed by atoms with Gasteiger partial charge in [0.25, 0.3) is 0 Å². The van der Waals surface area contributed by atoms with Gasteiger partial charge in [-0.2, -0.15) is 4.98 Å². The average Bonchev–Trinajstić information content (AvgIpc) is 3.40. The molecule has 4 N–H and O–H groups in total. The first-order valence-corrected chi connectivity index (χ1v) is 8.86. The van der Waals surface area contributed by atoms with Crippen LogP contribution >= 0.6 is 11.6 Å². The van der Waals surface area contributed by atoms with Crippen LogP contribution < -0.4 is 10.6 Å². The van der Waals surface area contributed by atoms with Crippen molar-refractivity contribution in [2.45, 2.75) is 50.6 Å². The van der Waals surface area contributed by atoms with E-state index in [0.717, 1.165) is 0 Å². The van der Waals surface area contributed by atoms with Crippen molar-refractivity contribution in [3.05, 3.63) is 11.2 Å². The number of nitrogens with one attached hydrogen (secondary N) is 2. The highest BCUT2D eigenvalue weighted by Crippen LogP contribution is 2.37. The summed E-state index contributed by atoms with van der Waals surface area (Å²) >= 11 is 6.22. The summed E-state index contributed by atoms with van der Waals surface area (Å²) in [4.78, 5) is 8.77. The minimum absolute atomic E-state index is 0.155. The molecular formula is C16H25ClN4O2. The van der Waals surface area contributed by atoms with Crippen LogP contribution in [-0.2, 0) is 0 Å². The molecule has 0 amide bonds. The summed E-state index contributed by atoms with van der Waals surface area (Å²) in [7, 11) is 0. The molecule has 2 aliphatic carbocycles. The third-order valence-corrected chi connectivity index (χ3v) is 4.92. The van der Waals surface area contributed by atoms with Gasteiger partial charge in [-0.1, -0.05) is 11.6 Å². The highest BCUT2D eigenvalue weighted by atomic mass is 35.5. The van der Waals surface area contributed by atoms with Crippen LogP contribution in [-0.4, -0.2) is 45.5 Å². The summed E-state index contributed by atoms with van der Waals surface area (Å²) < 4.78 is 0. The summed E-state index contributed by atoms with van der Waals surface area (Å²) in [6.07, 6.45) is 7.76. The molecule has 2 fully saturated rings. The van der Waals surface area contributed by atoms with Gasteiger partial charge in [-0.25, -0.2) is 4.98 Å². The second-order valence-corrected chi connectivity index (χ2v) is 7.00. The lowest BCUT2D eigenvalue weighted by Gasteiger charge is -2.20. The number of halogens is 1. The number of hydrogen-bond acceptors (Lipinski definition) is 6. The average molecular weight is 341 g/mol. The van der Waals surface area contributed by atoms with E-state index in [1.807, 2.05) is 0 Å². The first kappa shape index (κ1) is 16.7.